The second-order valence-corrected chi connectivity index (χ2v) is 9.22. The minimum atomic E-state index is -2.80. The number of aromatic nitrogens is 4. The van der Waals surface area contributed by atoms with Gasteiger partial charge in [-0.2, -0.15) is 14.5 Å². The predicted molar refractivity (Wildman–Crippen MR) is 122 cm³/mol. The van der Waals surface area contributed by atoms with Crippen LogP contribution in [-0.2, 0) is 4.74 Å². The molecule has 9 nitrogen and oxygen atoms in total. The van der Waals surface area contributed by atoms with Gasteiger partial charge in [-0.25, -0.2) is 23.1 Å². The second kappa shape index (κ2) is 9.96. The smallest absolute Gasteiger partial charge is 0.410 e. The van der Waals surface area contributed by atoms with Gasteiger partial charge in [-0.05, 0) is 45.7 Å². The van der Waals surface area contributed by atoms with Crippen LogP contribution in [-0.4, -0.2) is 68.3 Å². The molecule has 188 valence electrons. The molecule has 1 aliphatic heterocycles. The lowest BCUT2D eigenvalue weighted by Gasteiger charge is -2.34. The maximum atomic E-state index is 15.2. The van der Waals surface area contributed by atoms with Gasteiger partial charge in [0.2, 0.25) is 5.82 Å². The maximum absolute atomic E-state index is 15.2. The fraction of sp³-hybridized carbons (Fsp3) is 0.478. The van der Waals surface area contributed by atoms with Crippen molar-refractivity contribution in [2.75, 3.05) is 25.0 Å². The number of halogens is 3. The number of fused-ring (bicyclic) bond motifs is 1. The van der Waals surface area contributed by atoms with Crippen molar-refractivity contribution in [2.24, 2.45) is 0 Å². The predicted octanol–water partition coefficient (Wildman–Crippen LogP) is 4.39. The SMILES string of the molecule is CC(C)(C)OC(=O)N1CCC[C@@H](Nc2nc(-c3cnn4ccccc34)nc(OCC(F)F)c2F)C1. The molecule has 12 heteroatoms. The van der Waals surface area contributed by atoms with E-state index in [1.807, 2.05) is 0 Å². The van der Waals surface area contributed by atoms with Crippen LogP contribution in [0.2, 0.25) is 0 Å². The molecule has 0 unspecified atom stereocenters. The Balaban J connectivity index is 1.62. The van der Waals surface area contributed by atoms with Gasteiger partial charge in [0.15, 0.2) is 18.2 Å². The largest absolute Gasteiger partial charge is 0.469 e. The van der Waals surface area contributed by atoms with Gasteiger partial charge in [-0.15, -0.1) is 0 Å². The monoisotopic (exact) mass is 492 g/mol. The van der Waals surface area contributed by atoms with E-state index in [0.717, 1.165) is 0 Å². The highest BCUT2D eigenvalue weighted by molar-refractivity contribution is 5.76. The number of hydrogen-bond donors (Lipinski definition) is 1. The number of carbonyl (C=O) groups is 1. The normalized spacial score (nSPS) is 16.5. The van der Waals surface area contributed by atoms with E-state index in [4.69, 9.17) is 9.47 Å². The van der Waals surface area contributed by atoms with E-state index in [0.29, 0.717) is 30.5 Å². The molecule has 0 aromatic carbocycles. The van der Waals surface area contributed by atoms with Crippen LogP contribution in [0.4, 0.5) is 23.8 Å². The Bertz CT molecular complexity index is 1200. The summed E-state index contributed by atoms with van der Waals surface area (Å²) in [5.41, 5.74) is 0.490. The van der Waals surface area contributed by atoms with Crippen molar-refractivity contribution in [3.63, 3.8) is 0 Å². The number of pyridine rings is 1. The fourth-order valence-electron chi connectivity index (χ4n) is 3.77. The molecule has 0 saturated carbocycles. The van der Waals surface area contributed by atoms with Crippen LogP contribution >= 0.6 is 0 Å². The van der Waals surface area contributed by atoms with Gasteiger partial charge in [0.25, 0.3) is 12.3 Å². The lowest BCUT2D eigenvalue weighted by atomic mass is 10.1. The van der Waals surface area contributed by atoms with E-state index < -0.39 is 36.4 Å². The maximum Gasteiger partial charge on any atom is 0.410 e. The van der Waals surface area contributed by atoms with Gasteiger partial charge in [0.1, 0.15) is 5.60 Å². The average Bonchev–Trinajstić information content (AvgIpc) is 3.23. The standard InChI is InChI=1S/C23H27F3N6O3/c1-23(2,3)35-22(33)31-9-6-7-14(12-31)28-20-18(26)21(34-13-17(24)25)30-19(29-20)15-11-27-32-10-5-4-8-16(15)32/h4-5,8,10-11,14,17H,6-7,9,12-13H2,1-3H3,(H,28,29,30)/t14-/m1/s1. The Hall–Kier alpha value is -3.57. The summed E-state index contributed by atoms with van der Waals surface area (Å²) in [4.78, 5) is 22.4. The lowest BCUT2D eigenvalue weighted by Crippen LogP contribution is -2.47. The van der Waals surface area contributed by atoms with Gasteiger partial charge >= 0.3 is 6.09 Å². The topological polar surface area (TPSA) is 93.9 Å². The molecular formula is C23H27F3N6O3. The zero-order chi connectivity index (χ0) is 25.2. The van der Waals surface area contributed by atoms with E-state index >= 15 is 4.39 Å². The molecule has 4 rings (SSSR count). The quantitative estimate of drug-likeness (QED) is 0.546. The molecule has 1 atom stereocenters. The first kappa shape index (κ1) is 24.6. The van der Waals surface area contributed by atoms with Crippen molar-refractivity contribution in [1.29, 1.82) is 0 Å². The van der Waals surface area contributed by atoms with Crippen LogP contribution in [0.15, 0.2) is 30.6 Å². The van der Waals surface area contributed by atoms with E-state index in [1.54, 1.807) is 54.6 Å². The average molecular weight is 493 g/mol. The van der Waals surface area contributed by atoms with Gasteiger partial charge < -0.3 is 19.7 Å². The Morgan fingerprint density at radius 3 is 2.83 bits per heavy atom. The van der Waals surface area contributed by atoms with Crippen molar-refractivity contribution in [2.45, 2.75) is 51.7 Å². The van der Waals surface area contributed by atoms with Crippen LogP contribution in [0.3, 0.4) is 0 Å². The molecule has 1 N–H and O–H groups in total. The number of rotatable bonds is 6. The summed E-state index contributed by atoms with van der Waals surface area (Å²) >= 11 is 0. The molecule has 1 saturated heterocycles. The molecule has 3 aromatic heterocycles. The van der Waals surface area contributed by atoms with Crippen LogP contribution in [0.1, 0.15) is 33.6 Å². The molecule has 0 bridgehead atoms. The fourth-order valence-corrected chi connectivity index (χ4v) is 3.77. The van der Waals surface area contributed by atoms with E-state index in [-0.39, 0.29) is 24.2 Å². The summed E-state index contributed by atoms with van der Waals surface area (Å²) in [6.07, 6.45) is 1.28. The van der Waals surface area contributed by atoms with Gasteiger partial charge in [0.05, 0.1) is 17.3 Å². The molecule has 0 aliphatic carbocycles. The molecule has 1 fully saturated rings. The van der Waals surface area contributed by atoms with Crippen LogP contribution < -0.4 is 10.1 Å². The third-order valence-electron chi connectivity index (χ3n) is 5.25. The molecule has 1 amide bonds. The number of carbonyl (C=O) groups excluding carboxylic acids is 1. The summed E-state index contributed by atoms with van der Waals surface area (Å²) in [5, 5.41) is 7.23. The Morgan fingerprint density at radius 1 is 1.29 bits per heavy atom. The van der Waals surface area contributed by atoms with Crippen molar-refractivity contribution in [3.8, 4) is 17.3 Å². The van der Waals surface area contributed by atoms with Crippen LogP contribution in [0.25, 0.3) is 16.9 Å². The van der Waals surface area contributed by atoms with Gasteiger partial charge in [-0.1, -0.05) is 6.07 Å². The second-order valence-electron chi connectivity index (χ2n) is 9.22. The summed E-state index contributed by atoms with van der Waals surface area (Å²) in [6.45, 7) is 5.10. The highest BCUT2D eigenvalue weighted by Crippen LogP contribution is 2.30. The molecule has 4 heterocycles. The zero-order valence-corrected chi connectivity index (χ0v) is 19.7. The van der Waals surface area contributed by atoms with Crippen molar-refractivity contribution in [3.05, 3.63) is 36.4 Å². The number of piperidine rings is 1. The number of ether oxygens (including phenoxy) is 2. The Morgan fingerprint density at radius 2 is 2.09 bits per heavy atom. The first-order chi connectivity index (χ1) is 16.6. The summed E-state index contributed by atoms with van der Waals surface area (Å²) < 4.78 is 52.8. The van der Waals surface area contributed by atoms with Crippen molar-refractivity contribution in [1.82, 2.24) is 24.5 Å². The zero-order valence-electron chi connectivity index (χ0n) is 19.7. The third kappa shape index (κ3) is 5.92. The minimum Gasteiger partial charge on any atom is -0.469 e. The van der Waals surface area contributed by atoms with E-state index in [2.05, 4.69) is 20.4 Å². The Labute approximate surface area is 200 Å². The van der Waals surface area contributed by atoms with E-state index in [1.165, 1.54) is 6.20 Å². The molecule has 0 radical (unpaired) electrons. The molecule has 35 heavy (non-hydrogen) atoms. The third-order valence-corrected chi connectivity index (χ3v) is 5.25. The highest BCUT2D eigenvalue weighted by Gasteiger charge is 2.29. The first-order valence-electron chi connectivity index (χ1n) is 11.3. The number of anilines is 1. The van der Waals surface area contributed by atoms with Crippen LogP contribution in [0.5, 0.6) is 5.88 Å². The number of nitrogens with zero attached hydrogens (tertiary/aromatic N) is 5. The summed E-state index contributed by atoms with van der Waals surface area (Å²) in [7, 11) is 0. The van der Waals surface area contributed by atoms with Gasteiger partial charge in [-0.3, -0.25) is 0 Å². The molecule has 1 aliphatic rings. The number of alkyl halides is 2. The lowest BCUT2D eigenvalue weighted by molar-refractivity contribution is 0.0206. The highest BCUT2D eigenvalue weighted by atomic mass is 19.3. The summed E-state index contributed by atoms with van der Waals surface area (Å²) in [6, 6.07) is 5.02. The molecule has 0 spiro atoms. The minimum absolute atomic E-state index is 0.0687. The molecular weight excluding hydrogens is 465 g/mol. The van der Waals surface area contributed by atoms with Crippen molar-refractivity contribution < 1.29 is 27.4 Å². The van der Waals surface area contributed by atoms with Crippen molar-refractivity contribution >= 4 is 17.4 Å². The number of amides is 1. The number of likely N-dealkylation sites (tertiary alicyclic amines) is 1. The molecule has 3 aromatic rings. The van der Waals surface area contributed by atoms with Gasteiger partial charge in [0, 0.05) is 25.3 Å². The Kier molecular flexibility index (Phi) is 6.99. The first-order valence-corrected chi connectivity index (χ1v) is 11.3. The number of hydrogen-bond acceptors (Lipinski definition) is 7. The number of nitrogens with one attached hydrogen (secondary N) is 1. The van der Waals surface area contributed by atoms with E-state index in [9.17, 15) is 13.6 Å². The van der Waals surface area contributed by atoms with Crippen LogP contribution in [0, 0.1) is 5.82 Å². The summed E-state index contributed by atoms with van der Waals surface area (Å²) in [5.74, 6) is -1.71.